The second-order valence-corrected chi connectivity index (χ2v) is 18.1. The first-order valence-electron chi connectivity index (χ1n) is 23.3. The predicted molar refractivity (Wildman–Crippen MR) is 275 cm³/mol. The molecule has 0 heterocycles. The van der Waals surface area contributed by atoms with Crippen LogP contribution in [0.2, 0.25) is 0 Å². The second-order valence-electron chi connectivity index (χ2n) is 18.1. The molecule has 0 atom stereocenters. The SMILES string of the molecule is FC(F)(F)c1ccccc1N(c1ccc2c(c1)C1(c3ccccc3-c3ccccc31)c1cccc3c(N(c4ccccc4C(F)(F)F)c4cccc5ccccc45)ccc-2c13)c1cccc2ccccc12. The Labute approximate surface area is 404 Å². The molecule has 2 aliphatic rings. The molecule has 0 aromatic heterocycles. The highest BCUT2D eigenvalue weighted by molar-refractivity contribution is 6.14. The van der Waals surface area contributed by atoms with Crippen LogP contribution in [0.15, 0.2) is 231 Å². The van der Waals surface area contributed by atoms with Crippen LogP contribution in [0, 0.1) is 0 Å². The third kappa shape index (κ3) is 6.30. The molecule has 342 valence electrons. The van der Waals surface area contributed by atoms with Gasteiger partial charge in [0.25, 0.3) is 0 Å². The first-order chi connectivity index (χ1) is 34.5. The van der Waals surface area contributed by atoms with Gasteiger partial charge in [-0.3, -0.25) is 0 Å². The van der Waals surface area contributed by atoms with Gasteiger partial charge in [-0.25, -0.2) is 0 Å². The molecule has 2 nitrogen and oxygen atoms in total. The summed E-state index contributed by atoms with van der Waals surface area (Å²) in [7, 11) is 0. The summed E-state index contributed by atoms with van der Waals surface area (Å²) >= 11 is 0. The van der Waals surface area contributed by atoms with Gasteiger partial charge in [0.05, 0.1) is 45.0 Å². The monoisotopic (exact) mass is 936 g/mol. The largest absolute Gasteiger partial charge is 0.418 e. The number of benzene rings is 11. The number of alkyl halides is 6. The molecular formula is C63H38F6N2. The normalized spacial score (nSPS) is 13.3. The molecule has 0 fully saturated rings. The summed E-state index contributed by atoms with van der Waals surface area (Å²) in [6.07, 6.45) is -9.35. The van der Waals surface area contributed by atoms with Crippen LogP contribution in [0.25, 0.3) is 54.6 Å². The molecule has 0 amide bonds. The fraction of sp³-hybridized carbons (Fsp3) is 0.0476. The maximum atomic E-state index is 15.3. The third-order valence-electron chi connectivity index (χ3n) is 14.5. The van der Waals surface area contributed by atoms with Crippen molar-refractivity contribution in [3.8, 4) is 22.3 Å². The van der Waals surface area contributed by atoms with E-state index in [4.69, 9.17) is 0 Å². The predicted octanol–water partition coefficient (Wildman–Crippen LogP) is 18.5. The molecule has 13 rings (SSSR count). The van der Waals surface area contributed by atoms with Gasteiger partial charge in [-0.15, -0.1) is 0 Å². The van der Waals surface area contributed by atoms with Crippen molar-refractivity contribution in [1.82, 2.24) is 0 Å². The lowest BCUT2D eigenvalue weighted by Crippen LogP contribution is -2.32. The maximum absolute atomic E-state index is 15.3. The zero-order valence-electron chi connectivity index (χ0n) is 37.6. The van der Waals surface area contributed by atoms with Crippen molar-refractivity contribution in [2.75, 3.05) is 9.80 Å². The average molecular weight is 937 g/mol. The van der Waals surface area contributed by atoms with Crippen LogP contribution in [-0.2, 0) is 17.8 Å². The fourth-order valence-corrected chi connectivity index (χ4v) is 11.7. The minimum Gasteiger partial charge on any atom is -0.309 e. The van der Waals surface area contributed by atoms with Crippen molar-refractivity contribution < 1.29 is 26.3 Å². The molecule has 0 radical (unpaired) electrons. The van der Waals surface area contributed by atoms with Crippen LogP contribution in [0.5, 0.6) is 0 Å². The van der Waals surface area contributed by atoms with Gasteiger partial charge in [-0.05, 0) is 115 Å². The van der Waals surface area contributed by atoms with E-state index in [1.807, 2.05) is 146 Å². The lowest BCUT2D eigenvalue weighted by atomic mass is 9.61. The molecule has 0 N–H and O–H groups in total. The summed E-state index contributed by atoms with van der Waals surface area (Å²) in [5.41, 5.74) is 7.10. The van der Waals surface area contributed by atoms with Crippen molar-refractivity contribution >= 4 is 66.4 Å². The number of para-hydroxylation sites is 2. The first kappa shape index (κ1) is 42.5. The maximum Gasteiger partial charge on any atom is 0.418 e. The van der Waals surface area contributed by atoms with E-state index in [-0.39, 0.29) is 11.4 Å². The van der Waals surface area contributed by atoms with Crippen molar-refractivity contribution in [3.05, 3.63) is 264 Å². The number of hydrogen-bond donors (Lipinski definition) is 0. The van der Waals surface area contributed by atoms with E-state index >= 15 is 26.3 Å². The number of fused-ring (bicyclic) bond motifs is 11. The number of nitrogens with zero attached hydrogens (tertiary/aromatic N) is 2. The summed E-state index contributed by atoms with van der Waals surface area (Å²) in [5.74, 6) is 0. The molecule has 2 aliphatic carbocycles. The molecule has 11 aromatic rings. The lowest BCUT2D eigenvalue weighted by molar-refractivity contribution is -0.137. The lowest BCUT2D eigenvalue weighted by Gasteiger charge is -2.41. The van der Waals surface area contributed by atoms with E-state index in [1.165, 1.54) is 24.3 Å². The number of halogens is 6. The molecule has 8 heteroatoms. The highest BCUT2D eigenvalue weighted by Crippen LogP contribution is 2.63. The standard InChI is InChI=1S/C63H38F6N2/c64-62(65,66)51-27-9-11-30-58(51)70(55-32-13-18-39-16-1-3-20-42(39)55)41-34-35-46-47-36-37-57(71(59-31-12-10-28-52(59)63(67,68)69)56-33-14-19-40-17-2-4-21-43(40)56)48-24-15-29-53(60(47)48)61(54(46)38-41)49-25-7-5-22-44(49)45-23-6-8-26-50(45)61/h1-38H. The van der Waals surface area contributed by atoms with Crippen LogP contribution >= 0.6 is 0 Å². The van der Waals surface area contributed by atoms with Gasteiger partial charge in [0.15, 0.2) is 0 Å². The fourth-order valence-electron chi connectivity index (χ4n) is 11.7. The molecule has 0 aliphatic heterocycles. The average Bonchev–Trinajstić information content (AvgIpc) is 3.69. The summed E-state index contributed by atoms with van der Waals surface area (Å²) in [6.45, 7) is 0. The van der Waals surface area contributed by atoms with Crippen LogP contribution in [0.4, 0.5) is 60.5 Å². The first-order valence-corrected chi connectivity index (χ1v) is 23.3. The van der Waals surface area contributed by atoms with Crippen molar-refractivity contribution in [2.24, 2.45) is 0 Å². The summed E-state index contributed by atoms with van der Waals surface area (Å²) in [4.78, 5) is 3.47. The quantitative estimate of drug-likeness (QED) is 0.153. The van der Waals surface area contributed by atoms with E-state index < -0.39 is 28.9 Å². The van der Waals surface area contributed by atoms with Crippen molar-refractivity contribution in [2.45, 2.75) is 17.8 Å². The Morgan fingerprint density at radius 2 is 0.704 bits per heavy atom. The molecule has 0 unspecified atom stereocenters. The zero-order valence-corrected chi connectivity index (χ0v) is 37.6. The van der Waals surface area contributed by atoms with Crippen LogP contribution in [0.3, 0.4) is 0 Å². The minimum atomic E-state index is -4.68. The smallest absolute Gasteiger partial charge is 0.309 e. The van der Waals surface area contributed by atoms with Gasteiger partial charge in [0.2, 0.25) is 0 Å². The Balaban J connectivity index is 1.15. The Bertz CT molecular complexity index is 3910. The van der Waals surface area contributed by atoms with Crippen LogP contribution < -0.4 is 9.80 Å². The second kappa shape index (κ2) is 15.7. The zero-order chi connectivity index (χ0) is 48.2. The minimum absolute atomic E-state index is 0.0168. The molecule has 71 heavy (non-hydrogen) atoms. The summed E-state index contributed by atoms with van der Waals surface area (Å²) < 4.78 is 91.7. The van der Waals surface area contributed by atoms with Gasteiger partial charge in [-0.2, -0.15) is 26.3 Å². The Hall–Kier alpha value is -8.62. The topological polar surface area (TPSA) is 6.48 Å². The molecule has 1 spiro atoms. The van der Waals surface area contributed by atoms with Crippen molar-refractivity contribution in [1.29, 1.82) is 0 Å². The molecule has 0 bridgehead atoms. The highest BCUT2D eigenvalue weighted by atomic mass is 19.4. The Kier molecular flexibility index (Phi) is 9.39. The number of anilines is 6. The summed E-state index contributed by atoms with van der Waals surface area (Å²) in [5, 5.41) is 4.90. The Morgan fingerprint density at radius 3 is 1.31 bits per heavy atom. The van der Waals surface area contributed by atoms with Gasteiger partial charge in [-0.1, -0.05) is 176 Å². The van der Waals surface area contributed by atoms with Gasteiger partial charge in [0, 0.05) is 21.8 Å². The molecule has 0 saturated heterocycles. The van der Waals surface area contributed by atoms with Crippen LogP contribution in [0.1, 0.15) is 33.4 Å². The van der Waals surface area contributed by atoms with Gasteiger partial charge < -0.3 is 9.80 Å². The van der Waals surface area contributed by atoms with Crippen LogP contribution in [-0.4, -0.2) is 0 Å². The summed E-state index contributed by atoms with van der Waals surface area (Å²) in [6, 6.07) is 70.6. The number of hydrogen-bond acceptors (Lipinski definition) is 2. The molecule has 11 aromatic carbocycles. The Morgan fingerprint density at radius 1 is 0.296 bits per heavy atom. The molecule has 0 saturated carbocycles. The third-order valence-corrected chi connectivity index (χ3v) is 14.5. The van der Waals surface area contributed by atoms with Gasteiger partial charge in [0.1, 0.15) is 0 Å². The van der Waals surface area contributed by atoms with E-state index in [0.29, 0.717) is 22.7 Å². The van der Waals surface area contributed by atoms with E-state index in [2.05, 4.69) is 36.4 Å². The van der Waals surface area contributed by atoms with Gasteiger partial charge >= 0.3 is 12.4 Å². The van der Waals surface area contributed by atoms with Crippen molar-refractivity contribution in [3.63, 3.8) is 0 Å². The number of rotatable bonds is 6. The van der Waals surface area contributed by atoms with E-state index in [9.17, 15) is 0 Å². The highest BCUT2D eigenvalue weighted by Gasteiger charge is 2.51. The van der Waals surface area contributed by atoms with E-state index in [1.54, 1.807) is 21.9 Å². The van der Waals surface area contributed by atoms with E-state index in [0.717, 1.165) is 89.0 Å². The molecular weight excluding hydrogens is 899 g/mol.